The van der Waals surface area contributed by atoms with E-state index in [2.05, 4.69) is 9.47 Å². The van der Waals surface area contributed by atoms with Gasteiger partial charge < -0.3 is 15.2 Å². The fourth-order valence-electron chi connectivity index (χ4n) is 0.368. The fourth-order valence-corrected chi connectivity index (χ4v) is 0.368. The van der Waals surface area contributed by atoms with E-state index in [1.54, 1.807) is 6.07 Å². The maximum Gasteiger partial charge on any atom is 0.337 e. The van der Waals surface area contributed by atoms with Gasteiger partial charge in [-0.1, -0.05) is 0 Å². The molecular formula is C6H10N2O3. The first-order valence-electron chi connectivity index (χ1n) is 3.03. The van der Waals surface area contributed by atoms with Crippen molar-refractivity contribution >= 4 is 5.97 Å². The molecule has 0 radical (unpaired) electrons. The number of hydrogen-bond donors (Lipinski definition) is 1. The standard InChI is InChI=1S/C6H10N2O3/c1-10-2-3-11-6(9)5(8)4-7/h5H,2-3,8H2,1H3. The van der Waals surface area contributed by atoms with Crippen molar-refractivity contribution in [2.45, 2.75) is 6.04 Å². The summed E-state index contributed by atoms with van der Waals surface area (Å²) in [4.78, 5) is 10.6. The molecule has 62 valence electrons. The molecule has 0 aliphatic heterocycles. The number of methoxy groups -OCH3 is 1. The van der Waals surface area contributed by atoms with E-state index in [1.807, 2.05) is 0 Å². The summed E-state index contributed by atoms with van der Waals surface area (Å²) in [5.41, 5.74) is 5.02. The first-order chi connectivity index (χ1) is 5.22. The Kier molecular flexibility index (Phi) is 5.07. The minimum absolute atomic E-state index is 0.130. The summed E-state index contributed by atoms with van der Waals surface area (Å²) >= 11 is 0. The highest BCUT2D eigenvalue weighted by Gasteiger charge is 2.12. The van der Waals surface area contributed by atoms with Crippen LogP contribution in [-0.2, 0) is 14.3 Å². The van der Waals surface area contributed by atoms with Gasteiger partial charge in [0, 0.05) is 7.11 Å². The van der Waals surface area contributed by atoms with E-state index in [-0.39, 0.29) is 6.61 Å². The molecule has 0 saturated heterocycles. The molecule has 0 rings (SSSR count). The van der Waals surface area contributed by atoms with Gasteiger partial charge >= 0.3 is 5.97 Å². The SMILES string of the molecule is COCCOC(=O)C(N)C#N. The van der Waals surface area contributed by atoms with Crippen molar-refractivity contribution in [3.63, 3.8) is 0 Å². The van der Waals surface area contributed by atoms with Crippen LogP contribution in [0.15, 0.2) is 0 Å². The zero-order valence-corrected chi connectivity index (χ0v) is 6.24. The lowest BCUT2D eigenvalue weighted by Crippen LogP contribution is -2.31. The lowest BCUT2D eigenvalue weighted by Gasteiger charge is -2.03. The monoisotopic (exact) mass is 158 g/mol. The third-order valence-corrected chi connectivity index (χ3v) is 0.925. The Balaban J connectivity index is 3.46. The van der Waals surface area contributed by atoms with Crippen molar-refractivity contribution in [3.8, 4) is 6.07 Å². The highest BCUT2D eigenvalue weighted by Crippen LogP contribution is 1.83. The number of nitriles is 1. The smallest absolute Gasteiger partial charge is 0.337 e. The predicted octanol–water partition coefficient (Wildman–Crippen LogP) is -0.973. The summed E-state index contributed by atoms with van der Waals surface area (Å²) in [6.45, 7) is 0.439. The van der Waals surface area contributed by atoms with Crippen molar-refractivity contribution in [2.24, 2.45) is 5.73 Å². The molecular weight excluding hydrogens is 148 g/mol. The number of carbonyl (C=O) groups is 1. The molecule has 0 aromatic rings. The van der Waals surface area contributed by atoms with E-state index < -0.39 is 12.0 Å². The minimum atomic E-state index is -1.19. The molecule has 0 aromatic carbocycles. The molecule has 0 aromatic heterocycles. The maximum absolute atomic E-state index is 10.6. The van der Waals surface area contributed by atoms with Gasteiger partial charge in [0.15, 0.2) is 6.04 Å². The number of esters is 1. The molecule has 11 heavy (non-hydrogen) atoms. The largest absolute Gasteiger partial charge is 0.461 e. The van der Waals surface area contributed by atoms with Crippen LogP contribution < -0.4 is 5.73 Å². The van der Waals surface area contributed by atoms with Gasteiger partial charge in [-0.2, -0.15) is 5.26 Å². The average Bonchev–Trinajstić information content (AvgIpc) is 2.03. The molecule has 0 heterocycles. The Morgan fingerprint density at radius 2 is 2.36 bits per heavy atom. The van der Waals surface area contributed by atoms with Crippen LogP contribution in [0.25, 0.3) is 0 Å². The van der Waals surface area contributed by atoms with E-state index in [9.17, 15) is 4.79 Å². The number of carbonyl (C=O) groups excluding carboxylic acids is 1. The van der Waals surface area contributed by atoms with Crippen molar-refractivity contribution in [2.75, 3.05) is 20.3 Å². The topological polar surface area (TPSA) is 85.3 Å². The molecule has 0 aliphatic carbocycles. The summed E-state index contributed by atoms with van der Waals surface area (Å²) in [5, 5.41) is 8.15. The normalized spacial score (nSPS) is 11.7. The molecule has 5 heteroatoms. The lowest BCUT2D eigenvalue weighted by atomic mass is 10.4. The van der Waals surface area contributed by atoms with Gasteiger partial charge in [-0.25, -0.2) is 4.79 Å². The van der Waals surface area contributed by atoms with Gasteiger partial charge in [0.25, 0.3) is 0 Å². The van der Waals surface area contributed by atoms with Crippen molar-refractivity contribution in [1.29, 1.82) is 5.26 Å². The van der Waals surface area contributed by atoms with E-state index in [1.165, 1.54) is 7.11 Å². The van der Waals surface area contributed by atoms with E-state index in [0.29, 0.717) is 6.61 Å². The summed E-state index contributed by atoms with van der Waals surface area (Å²) in [5.74, 6) is -0.718. The van der Waals surface area contributed by atoms with Crippen LogP contribution in [0.3, 0.4) is 0 Å². The van der Waals surface area contributed by atoms with E-state index in [0.717, 1.165) is 0 Å². The van der Waals surface area contributed by atoms with E-state index in [4.69, 9.17) is 11.0 Å². The summed E-state index contributed by atoms with van der Waals surface area (Å²) in [6.07, 6.45) is 0. The highest BCUT2D eigenvalue weighted by atomic mass is 16.6. The van der Waals surface area contributed by atoms with Gasteiger partial charge in [0.1, 0.15) is 6.61 Å². The summed E-state index contributed by atoms with van der Waals surface area (Å²) < 4.78 is 9.13. The molecule has 2 N–H and O–H groups in total. The number of hydrogen-bond acceptors (Lipinski definition) is 5. The van der Waals surface area contributed by atoms with Gasteiger partial charge in [-0.3, -0.25) is 0 Å². The molecule has 1 unspecified atom stereocenters. The van der Waals surface area contributed by atoms with Gasteiger partial charge in [0.05, 0.1) is 12.7 Å². The molecule has 0 aliphatic rings. The Bertz CT molecular complexity index is 164. The Morgan fingerprint density at radius 1 is 1.73 bits per heavy atom. The molecule has 0 spiro atoms. The number of nitrogens with two attached hydrogens (primary N) is 1. The van der Waals surface area contributed by atoms with Gasteiger partial charge in [-0.05, 0) is 0 Å². The van der Waals surface area contributed by atoms with E-state index >= 15 is 0 Å². The van der Waals surface area contributed by atoms with Crippen LogP contribution in [0.4, 0.5) is 0 Å². The van der Waals surface area contributed by atoms with Gasteiger partial charge in [0.2, 0.25) is 0 Å². The molecule has 0 fully saturated rings. The maximum atomic E-state index is 10.6. The average molecular weight is 158 g/mol. The zero-order valence-electron chi connectivity index (χ0n) is 6.24. The first-order valence-corrected chi connectivity index (χ1v) is 3.03. The molecule has 0 amide bonds. The second kappa shape index (κ2) is 5.65. The minimum Gasteiger partial charge on any atom is -0.461 e. The van der Waals surface area contributed by atoms with Crippen molar-refractivity contribution < 1.29 is 14.3 Å². The number of ether oxygens (including phenoxy) is 2. The highest BCUT2D eigenvalue weighted by molar-refractivity contribution is 5.78. The molecule has 1 atom stereocenters. The predicted molar refractivity (Wildman–Crippen MR) is 36.4 cm³/mol. The van der Waals surface area contributed by atoms with Crippen LogP contribution in [0.1, 0.15) is 0 Å². The van der Waals surface area contributed by atoms with Crippen molar-refractivity contribution in [3.05, 3.63) is 0 Å². The third kappa shape index (κ3) is 4.31. The Hall–Kier alpha value is -1.12. The second-order valence-corrected chi connectivity index (χ2v) is 1.77. The quantitative estimate of drug-likeness (QED) is 0.420. The Morgan fingerprint density at radius 3 is 2.82 bits per heavy atom. The zero-order chi connectivity index (χ0) is 8.69. The Labute approximate surface area is 64.7 Å². The molecule has 0 saturated carbocycles. The van der Waals surface area contributed by atoms with Crippen LogP contribution in [-0.4, -0.2) is 32.3 Å². The second-order valence-electron chi connectivity index (χ2n) is 1.77. The first kappa shape index (κ1) is 9.88. The molecule has 5 nitrogen and oxygen atoms in total. The number of nitrogens with zero attached hydrogens (tertiary/aromatic N) is 1. The summed E-state index contributed by atoms with van der Waals surface area (Å²) in [7, 11) is 1.48. The third-order valence-electron chi connectivity index (χ3n) is 0.925. The van der Waals surface area contributed by atoms with Gasteiger partial charge in [-0.15, -0.1) is 0 Å². The number of rotatable bonds is 4. The van der Waals surface area contributed by atoms with Crippen LogP contribution >= 0.6 is 0 Å². The van der Waals surface area contributed by atoms with Crippen LogP contribution in [0, 0.1) is 11.3 Å². The van der Waals surface area contributed by atoms with Crippen LogP contribution in [0.2, 0.25) is 0 Å². The van der Waals surface area contributed by atoms with Crippen LogP contribution in [0.5, 0.6) is 0 Å². The van der Waals surface area contributed by atoms with Crippen molar-refractivity contribution in [1.82, 2.24) is 0 Å². The fraction of sp³-hybridized carbons (Fsp3) is 0.667. The lowest BCUT2D eigenvalue weighted by molar-refractivity contribution is -0.145. The molecule has 0 bridgehead atoms. The summed E-state index contributed by atoms with van der Waals surface area (Å²) in [6, 6.07) is 0.366.